The lowest BCUT2D eigenvalue weighted by Gasteiger charge is -2.15. The molecule has 1 atom stereocenters. The molecule has 0 saturated carbocycles. The van der Waals surface area contributed by atoms with E-state index in [1.165, 1.54) is 24.5 Å². The van der Waals surface area contributed by atoms with Crippen LogP contribution in [0.5, 0.6) is 0 Å². The Bertz CT molecular complexity index is 892. The molecule has 0 radical (unpaired) electrons. The predicted octanol–water partition coefficient (Wildman–Crippen LogP) is 0.914. The Morgan fingerprint density at radius 2 is 2.12 bits per heavy atom. The molecule has 1 fully saturated rings. The lowest BCUT2D eigenvalue weighted by Crippen LogP contribution is -2.28. The maximum absolute atomic E-state index is 12.4. The summed E-state index contributed by atoms with van der Waals surface area (Å²) in [7, 11) is -3.85. The third-order valence-corrected chi connectivity index (χ3v) is 4.85. The monoisotopic (exact) mass is 363 g/mol. The summed E-state index contributed by atoms with van der Waals surface area (Å²) in [6, 6.07) is 9.17. The number of nitrogens with two attached hydrogens (primary N) is 1. The van der Waals surface area contributed by atoms with Crippen LogP contribution in [0.15, 0.2) is 52.0 Å². The molecular formula is C16H17N3O5S. The van der Waals surface area contributed by atoms with Crippen molar-refractivity contribution >= 4 is 27.5 Å². The highest BCUT2D eigenvalue weighted by molar-refractivity contribution is 7.89. The molecule has 2 heterocycles. The number of furan rings is 1. The summed E-state index contributed by atoms with van der Waals surface area (Å²) in [6.07, 6.45) is 1.62. The van der Waals surface area contributed by atoms with Gasteiger partial charge in [0.1, 0.15) is 5.76 Å². The molecule has 1 aromatic carbocycles. The van der Waals surface area contributed by atoms with Gasteiger partial charge in [-0.15, -0.1) is 0 Å². The number of carbonyl (C=O) groups is 2. The molecule has 1 saturated heterocycles. The fraction of sp³-hybridized carbons (Fsp3) is 0.250. The van der Waals surface area contributed by atoms with Crippen molar-refractivity contribution in [1.29, 1.82) is 0 Å². The van der Waals surface area contributed by atoms with Crippen LogP contribution < -0.4 is 10.5 Å². The SMILES string of the molecule is NS(=O)(=O)c1cccc(NC(=O)[C@@H]2CC(=O)N(Cc3ccco3)C2)c1. The first kappa shape index (κ1) is 17.2. The summed E-state index contributed by atoms with van der Waals surface area (Å²) in [5.74, 6) is -0.340. The van der Waals surface area contributed by atoms with Gasteiger partial charge in [0.25, 0.3) is 0 Å². The maximum atomic E-state index is 12.4. The number of sulfonamides is 1. The van der Waals surface area contributed by atoms with Gasteiger partial charge in [-0.2, -0.15) is 0 Å². The third kappa shape index (κ3) is 4.06. The predicted molar refractivity (Wildman–Crippen MR) is 88.7 cm³/mol. The number of nitrogens with one attached hydrogen (secondary N) is 1. The molecule has 0 spiro atoms. The largest absolute Gasteiger partial charge is 0.467 e. The molecule has 0 unspecified atom stereocenters. The minimum absolute atomic E-state index is 0.0905. The van der Waals surface area contributed by atoms with Crippen molar-refractivity contribution in [2.24, 2.45) is 11.1 Å². The Labute approximate surface area is 144 Å². The molecule has 3 N–H and O–H groups in total. The zero-order valence-corrected chi connectivity index (χ0v) is 14.0. The van der Waals surface area contributed by atoms with Crippen molar-refractivity contribution in [3.05, 3.63) is 48.4 Å². The van der Waals surface area contributed by atoms with E-state index in [-0.39, 0.29) is 29.7 Å². The van der Waals surface area contributed by atoms with E-state index in [2.05, 4.69) is 5.32 Å². The smallest absolute Gasteiger partial charge is 0.238 e. The molecule has 8 nitrogen and oxygen atoms in total. The number of benzene rings is 1. The second kappa shape index (κ2) is 6.69. The molecule has 2 amide bonds. The summed E-state index contributed by atoms with van der Waals surface area (Å²) in [5.41, 5.74) is 0.313. The third-order valence-electron chi connectivity index (χ3n) is 3.94. The number of carbonyl (C=O) groups excluding carboxylic acids is 2. The van der Waals surface area contributed by atoms with Crippen LogP contribution in [0, 0.1) is 5.92 Å². The van der Waals surface area contributed by atoms with E-state index in [0.717, 1.165) is 0 Å². The molecule has 9 heteroatoms. The molecule has 2 aromatic rings. The topological polar surface area (TPSA) is 123 Å². The number of likely N-dealkylation sites (tertiary alicyclic amines) is 1. The number of amides is 2. The summed E-state index contributed by atoms with van der Waals surface area (Å²) < 4.78 is 28.0. The van der Waals surface area contributed by atoms with Gasteiger partial charge in [0.2, 0.25) is 21.8 Å². The van der Waals surface area contributed by atoms with Crippen LogP contribution in [-0.4, -0.2) is 31.7 Å². The maximum Gasteiger partial charge on any atom is 0.238 e. The Kier molecular flexibility index (Phi) is 4.60. The number of primary sulfonamides is 1. The Hall–Kier alpha value is -2.65. The van der Waals surface area contributed by atoms with Crippen LogP contribution in [0.25, 0.3) is 0 Å². The van der Waals surface area contributed by atoms with Crippen molar-refractivity contribution in [2.45, 2.75) is 17.9 Å². The van der Waals surface area contributed by atoms with Gasteiger partial charge in [-0.05, 0) is 30.3 Å². The van der Waals surface area contributed by atoms with Gasteiger partial charge in [-0.25, -0.2) is 13.6 Å². The first-order valence-electron chi connectivity index (χ1n) is 7.57. The fourth-order valence-corrected chi connectivity index (χ4v) is 3.25. The van der Waals surface area contributed by atoms with Crippen LogP contribution in [0.2, 0.25) is 0 Å². The van der Waals surface area contributed by atoms with Crippen molar-refractivity contribution in [2.75, 3.05) is 11.9 Å². The highest BCUT2D eigenvalue weighted by Crippen LogP contribution is 2.22. The van der Waals surface area contributed by atoms with Crippen LogP contribution in [0.3, 0.4) is 0 Å². The van der Waals surface area contributed by atoms with E-state index in [4.69, 9.17) is 9.56 Å². The fourth-order valence-electron chi connectivity index (χ4n) is 2.69. The first-order chi connectivity index (χ1) is 11.8. The van der Waals surface area contributed by atoms with Crippen LogP contribution in [0.1, 0.15) is 12.2 Å². The number of nitrogens with zero attached hydrogens (tertiary/aromatic N) is 1. The average molecular weight is 363 g/mol. The summed E-state index contributed by atoms with van der Waals surface area (Å²) in [5, 5.41) is 7.71. The number of hydrogen-bond donors (Lipinski definition) is 2. The highest BCUT2D eigenvalue weighted by Gasteiger charge is 2.34. The first-order valence-corrected chi connectivity index (χ1v) is 9.11. The van der Waals surface area contributed by atoms with Crippen LogP contribution in [-0.2, 0) is 26.2 Å². The second-order valence-corrected chi connectivity index (χ2v) is 7.38. The van der Waals surface area contributed by atoms with E-state index in [1.807, 2.05) is 0 Å². The van der Waals surface area contributed by atoms with E-state index in [0.29, 0.717) is 18.0 Å². The summed E-state index contributed by atoms with van der Waals surface area (Å²) >= 11 is 0. The molecular weight excluding hydrogens is 346 g/mol. The second-order valence-electron chi connectivity index (χ2n) is 5.82. The van der Waals surface area contributed by atoms with E-state index in [1.54, 1.807) is 23.1 Å². The number of anilines is 1. The Morgan fingerprint density at radius 1 is 1.32 bits per heavy atom. The van der Waals surface area contributed by atoms with Gasteiger partial charge in [0.15, 0.2) is 0 Å². The minimum Gasteiger partial charge on any atom is -0.467 e. The minimum atomic E-state index is -3.85. The standard InChI is InChI=1S/C16H17N3O5S/c17-25(22,23)14-5-1-3-12(8-14)18-16(21)11-7-15(20)19(9-11)10-13-4-2-6-24-13/h1-6,8,11H,7,9-10H2,(H,18,21)(H2,17,22,23)/t11-/m1/s1. The van der Waals surface area contributed by atoms with Crippen LogP contribution >= 0.6 is 0 Å². The Morgan fingerprint density at radius 3 is 2.80 bits per heavy atom. The summed E-state index contributed by atoms with van der Waals surface area (Å²) in [4.78, 5) is 25.9. The van der Waals surface area contributed by atoms with E-state index in [9.17, 15) is 18.0 Å². The quantitative estimate of drug-likeness (QED) is 0.817. The average Bonchev–Trinajstić information content (AvgIpc) is 3.18. The van der Waals surface area contributed by atoms with Gasteiger partial charge >= 0.3 is 0 Å². The zero-order valence-electron chi connectivity index (χ0n) is 13.2. The van der Waals surface area contributed by atoms with E-state index < -0.39 is 15.9 Å². The lowest BCUT2D eigenvalue weighted by atomic mass is 10.1. The van der Waals surface area contributed by atoms with E-state index >= 15 is 0 Å². The molecule has 1 aliphatic heterocycles. The molecule has 25 heavy (non-hydrogen) atoms. The van der Waals surface area contributed by atoms with Crippen molar-refractivity contribution in [3.8, 4) is 0 Å². The molecule has 0 aliphatic carbocycles. The highest BCUT2D eigenvalue weighted by atomic mass is 32.2. The molecule has 132 valence electrons. The number of hydrogen-bond acceptors (Lipinski definition) is 5. The van der Waals surface area contributed by atoms with Gasteiger partial charge in [0.05, 0.1) is 23.6 Å². The van der Waals surface area contributed by atoms with Gasteiger partial charge in [0, 0.05) is 18.7 Å². The van der Waals surface area contributed by atoms with Crippen molar-refractivity contribution in [3.63, 3.8) is 0 Å². The lowest BCUT2D eigenvalue weighted by molar-refractivity contribution is -0.128. The van der Waals surface area contributed by atoms with Gasteiger partial charge < -0.3 is 14.6 Å². The van der Waals surface area contributed by atoms with Gasteiger partial charge in [-0.1, -0.05) is 6.07 Å². The molecule has 1 aliphatic rings. The van der Waals surface area contributed by atoms with Crippen molar-refractivity contribution in [1.82, 2.24) is 4.90 Å². The van der Waals surface area contributed by atoms with Crippen molar-refractivity contribution < 1.29 is 22.4 Å². The number of rotatable bonds is 5. The molecule has 0 bridgehead atoms. The Balaban J connectivity index is 1.65. The summed E-state index contributed by atoms with van der Waals surface area (Å²) in [6.45, 7) is 0.594. The van der Waals surface area contributed by atoms with Gasteiger partial charge in [-0.3, -0.25) is 9.59 Å². The van der Waals surface area contributed by atoms with Crippen LogP contribution in [0.4, 0.5) is 5.69 Å². The normalized spacial score (nSPS) is 17.7. The molecule has 3 rings (SSSR count). The molecule has 1 aromatic heterocycles. The zero-order chi connectivity index (χ0) is 18.0.